The zero-order valence-corrected chi connectivity index (χ0v) is 19.9. The van der Waals surface area contributed by atoms with Gasteiger partial charge < -0.3 is 25.4 Å². The Kier molecular flexibility index (Phi) is 6.40. The molecule has 0 aliphatic rings. The number of halogens is 2. The number of likely N-dealkylation sites (N-methyl/N-ethyl adjacent to an activating group) is 2. The molecule has 0 fully saturated rings. The van der Waals surface area contributed by atoms with E-state index in [0.29, 0.717) is 27.9 Å². The highest BCUT2D eigenvalue weighted by atomic mass is 35.5. The fourth-order valence-electron chi connectivity index (χ4n) is 3.80. The molecular formula is C24H27ClFN7. The van der Waals surface area contributed by atoms with Gasteiger partial charge >= 0.3 is 0 Å². The first-order valence-corrected chi connectivity index (χ1v) is 10.9. The summed E-state index contributed by atoms with van der Waals surface area (Å²) in [6.07, 6.45) is 3.36. The lowest BCUT2D eigenvalue weighted by Gasteiger charge is -2.23. The molecule has 3 N–H and O–H groups in total. The number of hydrogen-bond acceptors (Lipinski definition) is 6. The summed E-state index contributed by atoms with van der Waals surface area (Å²) in [6, 6.07) is 10.7. The molecule has 0 bridgehead atoms. The predicted molar refractivity (Wildman–Crippen MR) is 135 cm³/mol. The van der Waals surface area contributed by atoms with E-state index in [1.807, 2.05) is 51.6 Å². The summed E-state index contributed by atoms with van der Waals surface area (Å²) in [6.45, 7) is 1.79. The Bertz CT molecular complexity index is 1300. The van der Waals surface area contributed by atoms with Crippen molar-refractivity contribution in [3.8, 4) is 11.3 Å². The number of aryl methyl sites for hydroxylation is 1. The summed E-state index contributed by atoms with van der Waals surface area (Å²) in [5.74, 6) is 0.0758. The predicted octanol–water partition coefficient (Wildman–Crippen LogP) is 4.75. The van der Waals surface area contributed by atoms with Crippen LogP contribution in [0.2, 0.25) is 5.02 Å². The lowest BCUT2D eigenvalue weighted by Crippen LogP contribution is -2.28. The van der Waals surface area contributed by atoms with E-state index in [0.717, 1.165) is 35.4 Å². The number of hydrogen-bond donors (Lipinski definition) is 2. The van der Waals surface area contributed by atoms with E-state index in [4.69, 9.17) is 17.3 Å². The number of anilines is 4. The SMILES string of the molecule is CN(C)CCN(C)c1ccc(Nc2ncc(Cl)c(-c3cn(C)c4c(F)cccc34)n2)cc1N. The number of aromatic nitrogens is 3. The van der Waals surface area contributed by atoms with Crippen molar-refractivity contribution in [1.29, 1.82) is 0 Å². The monoisotopic (exact) mass is 467 g/mol. The molecule has 0 amide bonds. The van der Waals surface area contributed by atoms with Crippen molar-refractivity contribution < 1.29 is 4.39 Å². The first-order valence-electron chi connectivity index (χ1n) is 10.5. The Morgan fingerprint density at radius 3 is 2.67 bits per heavy atom. The number of benzene rings is 2. The molecular weight excluding hydrogens is 441 g/mol. The highest BCUT2D eigenvalue weighted by Gasteiger charge is 2.17. The molecule has 0 saturated heterocycles. The van der Waals surface area contributed by atoms with Crippen LogP contribution in [0.5, 0.6) is 0 Å². The molecule has 33 heavy (non-hydrogen) atoms. The van der Waals surface area contributed by atoms with Gasteiger partial charge in [0.1, 0.15) is 5.82 Å². The van der Waals surface area contributed by atoms with Gasteiger partial charge in [-0.1, -0.05) is 23.7 Å². The van der Waals surface area contributed by atoms with Gasteiger partial charge in [-0.15, -0.1) is 0 Å². The molecule has 4 rings (SSSR count). The molecule has 0 aliphatic carbocycles. The number of para-hydroxylation sites is 1. The minimum Gasteiger partial charge on any atom is -0.397 e. The number of nitrogens with two attached hydrogens (primary N) is 1. The zero-order chi connectivity index (χ0) is 23.7. The first kappa shape index (κ1) is 22.8. The fraction of sp³-hybridized carbons (Fsp3) is 0.250. The molecule has 0 atom stereocenters. The number of nitrogens with zero attached hydrogens (tertiary/aromatic N) is 5. The van der Waals surface area contributed by atoms with E-state index < -0.39 is 0 Å². The van der Waals surface area contributed by atoms with Crippen molar-refractivity contribution in [2.45, 2.75) is 0 Å². The smallest absolute Gasteiger partial charge is 0.227 e. The van der Waals surface area contributed by atoms with E-state index in [2.05, 4.69) is 25.1 Å². The van der Waals surface area contributed by atoms with E-state index in [1.165, 1.54) is 12.3 Å². The third kappa shape index (κ3) is 4.72. The number of nitrogen functional groups attached to an aromatic ring is 1. The van der Waals surface area contributed by atoms with Crippen LogP contribution in [0.1, 0.15) is 0 Å². The Morgan fingerprint density at radius 2 is 1.94 bits per heavy atom. The zero-order valence-electron chi connectivity index (χ0n) is 19.1. The molecule has 0 aliphatic heterocycles. The van der Waals surface area contributed by atoms with Gasteiger partial charge in [-0.25, -0.2) is 14.4 Å². The van der Waals surface area contributed by atoms with Gasteiger partial charge in [-0.2, -0.15) is 0 Å². The van der Waals surface area contributed by atoms with Gasteiger partial charge in [0.05, 0.1) is 33.8 Å². The van der Waals surface area contributed by atoms with Crippen molar-refractivity contribution in [2.75, 3.05) is 50.2 Å². The highest BCUT2D eigenvalue weighted by molar-refractivity contribution is 6.33. The lowest BCUT2D eigenvalue weighted by atomic mass is 10.1. The van der Waals surface area contributed by atoms with Crippen LogP contribution in [0.4, 0.5) is 27.4 Å². The summed E-state index contributed by atoms with van der Waals surface area (Å²) in [5.41, 5.74) is 10.4. The minimum absolute atomic E-state index is 0.295. The van der Waals surface area contributed by atoms with Gasteiger partial charge in [0.15, 0.2) is 0 Å². The molecule has 9 heteroatoms. The largest absolute Gasteiger partial charge is 0.397 e. The van der Waals surface area contributed by atoms with Crippen LogP contribution >= 0.6 is 11.6 Å². The summed E-state index contributed by atoms with van der Waals surface area (Å²) < 4.78 is 16.1. The minimum atomic E-state index is -0.295. The Labute approximate surface area is 197 Å². The van der Waals surface area contributed by atoms with Crippen LogP contribution in [-0.4, -0.2) is 53.7 Å². The molecule has 2 heterocycles. The molecule has 0 saturated carbocycles. The Hall–Kier alpha value is -3.36. The van der Waals surface area contributed by atoms with Crippen LogP contribution in [0, 0.1) is 5.82 Å². The molecule has 2 aromatic carbocycles. The maximum absolute atomic E-state index is 14.3. The number of fused-ring (bicyclic) bond motifs is 1. The number of nitrogens with one attached hydrogen (secondary N) is 1. The van der Waals surface area contributed by atoms with Crippen molar-refractivity contribution in [3.63, 3.8) is 0 Å². The summed E-state index contributed by atoms with van der Waals surface area (Å²) >= 11 is 6.43. The van der Waals surface area contributed by atoms with Gasteiger partial charge in [-0.3, -0.25) is 0 Å². The van der Waals surface area contributed by atoms with Crippen molar-refractivity contribution in [2.24, 2.45) is 7.05 Å². The molecule has 0 spiro atoms. The molecule has 2 aromatic heterocycles. The second kappa shape index (κ2) is 9.25. The van der Waals surface area contributed by atoms with Gasteiger partial charge in [-0.05, 0) is 38.4 Å². The van der Waals surface area contributed by atoms with Crippen LogP contribution in [0.15, 0.2) is 48.8 Å². The lowest BCUT2D eigenvalue weighted by molar-refractivity contribution is 0.416. The maximum Gasteiger partial charge on any atom is 0.227 e. The van der Waals surface area contributed by atoms with Crippen LogP contribution < -0.4 is 16.0 Å². The van der Waals surface area contributed by atoms with Crippen LogP contribution in [0.3, 0.4) is 0 Å². The van der Waals surface area contributed by atoms with Crippen molar-refractivity contribution >= 4 is 45.5 Å². The molecule has 7 nitrogen and oxygen atoms in total. The van der Waals surface area contributed by atoms with E-state index in [1.54, 1.807) is 17.7 Å². The first-order chi connectivity index (χ1) is 15.7. The van der Waals surface area contributed by atoms with Crippen molar-refractivity contribution in [3.05, 3.63) is 59.6 Å². The Balaban J connectivity index is 1.62. The molecule has 0 radical (unpaired) electrons. The van der Waals surface area contributed by atoms with Crippen LogP contribution in [-0.2, 0) is 7.05 Å². The number of rotatable bonds is 7. The summed E-state index contributed by atoms with van der Waals surface area (Å²) in [4.78, 5) is 13.2. The van der Waals surface area contributed by atoms with Gasteiger partial charge in [0.25, 0.3) is 0 Å². The average Bonchev–Trinajstić information content (AvgIpc) is 3.11. The van der Waals surface area contributed by atoms with Crippen molar-refractivity contribution in [1.82, 2.24) is 19.4 Å². The van der Waals surface area contributed by atoms with E-state index in [9.17, 15) is 4.39 Å². The second-order valence-electron chi connectivity index (χ2n) is 8.30. The standard InChI is InChI=1S/C24H27ClFN7/c1-31(2)10-11-32(3)21-9-8-15(12-20(21)27)29-24-28-13-18(25)22(30-24)17-14-33(4)23-16(17)6-5-7-19(23)26/h5-9,12-14H,10-11,27H2,1-4H3,(H,28,29,30). The molecule has 4 aromatic rings. The van der Waals surface area contributed by atoms with Gasteiger partial charge in [0, 0.05) is 50.0 Å². The third-order valence-electron chi connectivity index (χ3n) is 5.53. The van der Waals surface area contributed by atoms with E-state index >= 15 is 0 Å². The molecule has 172 valence electrons. The Morgan fingerprint density at radius 1 is 1.15 bits per heavy atom. The maximum atomic E-state index is 14.3. The normalized spacial score (nSPS) is 11.4. The topological polar surface area (TPSA) is 75.2 Å². The third-order valence-corrected chi connectivity index (χ3v) is 5.81. The average molecular weight is 468 g/mol. The fourth-order valence-corrected chi connectivity index (χ4v) is 4.00. The highest BCUT2D eigenvalue weighted by Crippen LogP contribution is 2.35. The summed E-state index contributed by atoms with van der Waals surface area (Å²) in [5, 5.41) is 4.31. The van der Waals surface area contributed by atoms with Gasteiger partial charge in [0.2, 0.25) is 5.95 Å². The quantitative estimate of drug-likeness (QED) is 0.382. The summed E-state index contributed by atoms with van der Waals surface area (Å²) in [7, 11) is 7.89. The second-order valence-corrected chi connectivity index (χ2v) is 8.71. The van der Waals surface area contributed by atoms with E-state index in [-0.39, 0.29) is 5.82 Å². The molecule has 0 unspecified atom stereocenters. The van der Waals surface area contributed by atoms with Crippen LogP contribution in [0.25, 0.3) is 22.2 Å².